The summed E-state index contributed by atoms with van der Waals surface area (Å²) in [4.78, 5) is 43.2. The zero-order chi connectivity index (χ0) is 19.2. The van der Waals surface area contributed by atoms with Gasteiger partial charge in [0.25, 0.3) is 5.91 Å². The molecule has 3 aliphatic rings. The maximum Gasteiger partial charge on any atom is 0.327 e. The van der Waals surface area contributed by atoms with Crippen molar-refractivity contribution in [3.63, 3.8) is 0 Å². The minimum atomic E-state index is -0.852. The molecule has 0 bridgehead atoms. The van der Waals surface area contributed by atoms with Gasteiger partial charge in [0.1, 0.15) is 5.54 Å². The number of hydrogen-bond acceptors (Lipinski definition) is 4. The van der Waals surface area contributed by atoms with Crippen LogP contribution in [-0.4, -0.2) is 71.4 Å². The molecule has 0 N–H and O–H groups in total. The van der Waals surface area contributed by atoms with Gasteiger partial charge in [-0.3, -0.25) is 14.5 Å². The monoisotopic (exact) mass is 371 g/mol. The Morgan fingerprint density at radius 2 is 1.74 bits per heavy atom. The van der Waals surface area contributed by atoms with Crippen molar-refractivity contribution < 1.29 is 19.1 Å². The van der Waals surface area contributed by atoms with Gasteiger partial charge in [-0.15, -0.1) is 0 Å². The molecule has 3 fully saturated rings. The molecule has 7 heteroatoms. The molecule has 1 spiro atoms. The number of likely N-dealkylation sites (tertiary alicyclic amines) is 1. The first kappa shape index (κ1) is 18.0. The first-order valence-electron chi connectivity index (χ1n) is 9.38. The Balaban J connectivity index is 1.54. The molecule has 3 aliphatic heterocycles. The molecule has 1 aromatic carbocycles. The van der Waals surface area contributed by atoms with E-state index in [2.05, 4.69) is 0 Å². The van der Waals surface area contributed by atoms with Crippen molar-refractivity contribution >= 4 is 17.8 Å². The highest BCUT2D eigenvalue weighted by Gasteiger charge is 2.57. The van der Waals surface area contributed by atoms with Crippen LogP contribution in [0.15, 0.2) is 30.3 Å². The third-order valence-electron chi connectivity index (χ3n) is 6.16. The van der Waals surface area contributed by atoms with Gasteiger partial charge in [0.05, 0.1) is 18.6 Å². The molecule has 4 rings (SSSR count). The average molecular weight is 371 g/mol. The Hall–Kier alpha value is -2.41. The molecule has 0 saturated carbocycles. The van der Waals surface area contributed by atoms with Crippen LogP contribution in [0.5, 0.6) is 0 Å². The highest BCUT2D eigenvalue weighted by molar-refractivity contribution is 6.07. The molecule has 7 nitrogen and oxygen atoms in total. The van der Waals surface area contributed by atoms with Crippen LogP contribution in [0.1, 0.15) is 25.3 Å². The number of likely N-dealkylation sites (N-methyl/N-ethyl adjacent to an activating group) is 1. The number of carbonyl (C=O) groups excluding carboxylic acids is 3. The molecule has 1 aromatic rings. The smallest absolute Gasteiger partial charge is 0.327 e. The average Bonchev–Trinajstić information content (AvgIpc) is 2.83. The van der Waals surface area contributed by atoms with Crippen molar-refractivity contribution in [2.24, 2.45) is 5.41 Å². The fourth-order valence-electron chi connectivity index (χ4n) is 4.34. The van der Waals surface area contributed by atoms with Crippen molar-refractivity contribution in [3.8, 4) is 0 Å². The van der Waals surface area contributed by atoms with Gasteiger partial charge in [-0.1, -0.05) is 30.3 Å². The van der Waals surface area contributed by atoms with E-state index in [-0.39, 0.29) is 17.8 Å². The molecule has 0 unspecified atom stereocenters. The number of imide groups is 1. The van der Waals surface area contributed by atoms with Gasteiger partial charge in [0.2, 0.25) is 5.91 Å². The lowest BCUT2D eigenvalue weighted by Gasteiger charge is -2.46. The fourth-order valence-corrected chi connectivity index (χ4v) is 4.34. The van der Waals surface area contributed by atoms with Gasteiger partial charge in [-0.2, -0.15) is 0 Å². The third-order valence-corrected chi connectivity index (χ3v) is 6.16. The van der Waals surface area contributed by atoms with Crippen molar-refractivity contribution in [2.75, 3.05) is 33.4 Å². The van der Waals surface area contributed by atoms with Crippen LogP contribution < -0.4 is 0 Å². The second kappa shape index (κ2) is 6.34. The first-order chi connectivity index (χ1) is 12.9. The molecule has 27 heavy (non-hydrogen) atoms. The summed E-state index contributed by atoms with van der Waals surface area (Å²) in [7, 11) is 1.54. The summed E-state index contributed by atoms with van der Waals surface area (Å²) in [5.74, 6) is -0.0722. The van der Waals surface area contributed by atoms with E-state index in [9.17, 15) is 14.4 Å². The Morgan fingerprint density at radius 1 is 1.11 bits per heavy atom. The Morgan fingerprint density at radius 3 is 2.30 bits per heavy atom. The van der Waals surface area contributed by atoms with Crippen LogP contribution in [0, 0.1) is 5.41 Å². The van der Waals surface area contributed by atoms with E-state index in [4.69, 9.17) is 4.74 Å². The lowest BCUT2D eigenvalue weighted by atomic mass is 9.82. The van der Waals surface area contributed by atoms with E-state index in [1.807, 2.05) is 42.2 Å². The number of hydrogen-bond donors (Lipinski definition) is 0. The van der Waals surface area contributed by atoms with E-state index >= 15 is 0 Å². The Kier molecular flexibility index (Phi) is 4.22. The topological polar surface area (TPSA) is 70.2 Å². The number of urea groups is 1. The highest BCUT2D eigenvalue weighted by Crippen LogP contribution is 2.39. The van der Waals surface area contributed by atoms with E-state index in [1.165, 1.54) is 4.90 Å². The lowest BCUT2D eigenvalue weighted by Crippen LogP contribution is -2.60. The summed E-state index contributed by atoms with van der Waals surface area (Å²) in [6, 6.07) is 9.44. The summed E-state index contributed by atoms with van der Waals surface area (Å²) in [6.07, 6.45) is 0.939. The van der Waals surface area contributed by atoms with E-state index < -0.39 is 11.0 Å². The van der Waals surface area contributed by atoms with Gasteiger partial charge in [-0.05, 0) is 25.3 Å². The quantitative estimate of drug-likeness (QED) is 0.755. The third kappa shape index (κ3) is 2.72. The maximum atomic E-state index is 13.0. The maximum absolute atomic E-state index is 13.0. The van der Waals surface area contributed by atoms with Crippen LogP contribution in [0.3, 0.4) is 0 Å². The molecule has 0 atom stereocenters. The highest BCUT2D eigenvalue weighted by atomic mass is 16.5. The molecule has 0 radical (unpaired) electrons. The molecule has 3 heterocycles. The zero-order valence-corrected chi connectivity index (χ0v) is 15.8. The minimum absolute atomic E-state index is 0.0864. The normalized spacial score (nSPS) is 23.7. The molecule has 144 valence electrons. The Bertz CT molecular complexity index is 767. The number of carbonyl (C=O) groups is 3. The van der Waals surface area contributed by atoms with Gasteiger partial charge in [0, 0.05) is 26.7 Å². The number of amides is 4. The minimum Gasteiger partial charge on any atom is -0.379 e. The lowest BCUT2D eigenvalue weighted by molar-refractivity contribution is -0.171. The van der Waals surface area contributed by atoms with E-state index in [1.54, 1.807) is 11.9 Å². The van der Waals surface area contributed by atoms with Crippen LogP contribution in [0.2, 0.25) is 0 Å². The zero-order valence-electron chi connectivity index (χ0n) is 15.8. The standard InChI is InChI=1S/C20H25N3O4/c1-19(13-27-14-19)16(24)22-10-8-20(9-11-22)17(25)21(2)18(26)23(20)12-15-6-4-3-5-7-15/h3-7H,8-14H2,1-2H3. The number of nitrogens with zero attached hydrogens (tertiary/aromatic N) is 3. The predicted octanol–water partition coefficient (Wildman–Crippen LogP) is 1.48. The van der Waals surface area contributed by atoms with Crippen LogP contribution in [0.25, 0.3) is 0 Å². The van der Waals surface area contributed by atoms with E-state index in [0.717, 1.165) is 5.56 Å². The molecular weight excluding hydrogens is 346 g/mol. The predicted molar refractivity (Wildman–Crippen MR) is 97.6 cm³/mol. The van der Waals surface area contributed by atoms with Crippen LogP contribution >= 0.6 is 0 Å². The largest absolute Gasteiger partial charge is 0.379 e. The number of piperidine rings is 1. The van der Waals surface area contributed by atoms with Gasteiger partial charge in [-0.25, -0.2) is 4.79 Å². The van der Waals surface area contributed by atoms with Gasteiger partial charge < -0.3 is 14.5 Å². The summed E-state index contributed by atoms with van der Waals surface area (Å²) < 4.78 is 5.21. The van der Waals surface area contributed by atoms with Gasteiger partial charge in [0.15, 0.2) is 0 Å². The second-order valence-corrected chi connectivity index (χ2v) is 8.10. The fraction of sp³-hybridized carbons (Fsp3) is 0.550. The molecule has 0 aliphatic carbocycles. The SMILES string of the molecule is CN1C(=O)N(Cc2ccccc2)C2(CCN(C(=O)C3(C)COC3)CC2)C1=O. The van der Waals surface area contributed by atoms with E-state index in [0.29, 0.717) is 45.7 Å². The summed E-state index contributed by atoms with van der Waals surface area (Å²) in [5, 5.41) is 0. The van der Waals surface area contributed by atoms with Crippen LogP contribution in [-0.2, 0) is 20.9 Å². The molecule has 3 saturated heterocycles. The van der Waals surface area contributed by atoms with Gasteiger partial charge >= 0.3 is 6.03 Å². The molecular formula is C20H25N3O4. The van der Waals surface area contributed by atoms with Crippen molar-refractivity contribution in [1.29, 1.82) is 0 Å². The van der Waals surface area contributed by atoms with Crippen molar-refractivity contribution in [2.45, 2.75) is 31.8 Å². The first-order valence-corrected chi connectivity index (χ1v) is 9.38. The van der Waals surface area contributed by atoms with Crippen molar-refractivity contribution in [1.82, 2.24) is 14.7 Å². The molecule has 4 amide bonds. The summed E-state index contributed by atoms with van der Waals surface area (Å²) in [6.45, 7) is 4.18. The number of ether oxygens (including phenoxy) is 1. The number of rotatable bonds is 3. The summed E-state index contributed by atoms with van der Waals surface area (Å²) in [5.41, 5.74) is -0.304. The Labute approximate surface area is 158 Å². The second-order valence-electron chi connectivity index (χ2n) is 8.10. The number of benzene rings is 1. The summed E-state index contributed by atoms with van der Waals surface area (Å²) >= 11 is 0. The van der Waals surface area contributed by atoms with Crippen LogP contribution in [0.4, 0.5) is 4.79 Å². The molecule has 0 aromatic heterocycles. The van der Waals surface area contributed by atoms with Crippen molar-refractivity contribution in [3.05, 3.63) is 35.9 Å².